The Hall–Kier alpha value is -3.26. The summed E-state index contributed by atoms with van der Waals surface area (Å²) < 4.78 is 3.83. The second kappa shape index (κ2) is 6.42. The summed E-state index contributed by atoms with van der Waals surface area (Å²) in [7, 11) is 1.92. The SMILES string of the molecule is Cn1cnc2cc(C(=O)N3C[C@H](Cc4cn5ccnc5cn4)[C@H](O)C3)ccc21. The predicted molar refractivity (Wildman–Crippen MR) is 103 cm³/mol. The van der Waals surface area contributed by atoms with Crippen LogP contribution in [0.15, 0.2) is 49.3 Å². The maximum atomic E-state index is 12.9. The molecule has 1 aromatic carbocycles. The van der Waals surface area contributed by atoms with Crippen molar-refractivity contribution in [2.45, 2.75) is 12.5 Å². The largest absolute Gasteiger partial charge is 0.391 e. The van der Waals surface area contributed by atoms with Crippen molar-refractivity contribution in [2.24, 2.45) is 13.0 Å². The van der Waals surface area contributed by atoms with Crippen LogP contribution < -0.4 is 0 Å². The van der Waals surface area contributed by atoms with E-state index in [1.165, 1.54) is 0 Å². The van der Waals surface area contributed by atoms with Gasteiger partial charge < -0.3 is 19.0 Å². The summed E-state index contributed by atoms with van der Waals surface area (Å²) in [6.45, 7) is 0.834. The number of amides is 1. The monoisotopic (exact) mass is 376 g/mol. The van der Waals surface area contributed by atoms with Gasteiger partial charge in [0.05, 0.1) is 35.4 Å². The fourth-order valence-corrected chi connectivity index (χ4v) is 3.91. The standard InChI is InChI=1S/C20H20N6O2/c1-24-12-23-16-7-13(2-3-17(16)24)20(28)26-9-14(18(27)11-26)6-15-10-25-5-4-21-19(25)8-22-15/h2-5,7-8,10,12,14,18,27H,6,9,11H2,1H3/t14-,18+/m0/s1. The van der Waals surface area contributed by atoms with Gasteiger partial charge in [-0.3, -0.25) is 9.78 Å². The quantitative estimate of drug-likeness (QED) is 0.582. The van der Waals surface area contributed by atoms with Crippen molar-refractivity contribution in [2.75, 3.05) is 13.1 Å². The highest BCUT2D eigenvalue weighted by molar-refractivity contribution is 5.97. The second-order valence-corrected chi connectivity index (χ2v) is 7.37. The minimum absolute atomic E-state index is 0.0454. The van der Waals surface area contributed by atoms with E-state index >= 15 is 0 Å². The number of carbonyl (C=O) groups excluding carboxylic acids is 1. The van der Waals surface area contributed by atoms with Gasteiger partial charge in [-0.05, 0) is 24.6 Å². The van der Waals surface area contributed by atoms with Crippen LogP contribution in [0.3, 0.4) is 0 Å². The zero-order valence-electron chi connectivity index (χ0n) is 15.4. The minimum Gasteiger partial charge on any atom is -0.391 e. The topological polar surface area (TPSA) is 88.6 Å². The van der Waals surface area contributed by atoms with Crippen LogP contribution in [0.5, 0.6) is 0 Å². The molecule has 0 radical (unpaired) electrons. The molecule has 8 heteroatoms. The van der Waals surface area contributed by atoms with E-state index in [0.717, 1.165) is 22.4 Å². The van der Waals surface area contributed by atoms with Gasteiger partial charge in [-0.1, -0.05) is 0 Å². The molecule has 0 spiro atoms. The predicted octanol–water partition coefficient (Wildman–Crippen LogP) is 1.29. The smallest absolute Gasteiger partial charge is 0.254 e. The number of nitrogens with zero attached hydrogens (tertiary/aromatic N) is 6. The summed E-state index contributed by atoms with van der Waals surface area (Å²) in [6.07, 6.45) is 9.02. The highest BCUT2D eigenvalue weighted by Crippen LogP contribution is 2.24. The van der Waals surface area contributed by atoms with E-state index in [9.17, 15) is 9.90 Å². The number of fused-ring (bicyclic) bond motifs is 2. The number of benzene rings is 1. The average Bonchev–Trinajstić information content (AvgIpc) is 3.40. The second-order valence-electron chi connectivity index (χ2n) is 7.37. The number of rotatable bonds is 3. The fraction of sp³-hybridized carbons (Fsp3) is 0.300. The first-order chi connectivity index (χ1) is 13.6. The lowest BCUT2D eigenvalue weighted by molar-refractivity contribution is 0.0765. The van der Waals surface area contributed by atoms with Crippen LogP contribution in [0.2, 0.25) is 0 Å². The molecule has 4 aromatic rings. The van der Waals surface area contributed by atoms with Crippen molar-refractivity contribution in [3.8, 4) is 0 Å². The van der Waals surface area contributed by atoms with Crippen LogP contribution in [-0.2, 0) is 13.5 Å². The highest BCUT2D eigenvalue weighted by Gasteiger charge is 2.34. The number of hydrogen-bond acceptors (Lipinski definition) is 5. The number of aromatic nitrogens is 5. The molecular formula is C20H20N6O2. The van der Waals surface area contributed by atoms with Gasteiger partial charge in [0.25, 0.3) is 5.91 Å². The zero-order chi connectivity index (χ0) is 19.3. The molecule has 8 nitrogen and oxygen atoms in total. The van der Waals surface area contributed by atoms with Crippen molar-refractivity contribution in [3.63, 3.8) is 0 Å². The molecule has 0 unspecified atom stereocenters. The normalized spacial score (nSPS) is 19.7. The molecule has 0 aliphatic carbocycles. The van der Waals surface area contributed by atoms with Gasteiger partial charge in [0, 0.05) is 50.2 Å². The molecule has 5 rings (SSSR count). The van der Waals surface area contributed by atoms with E-state index in [1.807, 2.05) is 46.6 Å². The molecule has 1 aliphatic heterocycles. The third-order valence-electron chi connectivity index (χ3n) is 5.47. The zero-order valence-corrected chi connectivity index (χ0v) is 15.4. The summed E-state index contributed by atoms with van der Waals surface area (Å²) in [5.74, 6) is -0.122. The Morgan fingerprint density at radius 2 is 2.14 bits per heavy atom. The van der Waals surface area contributed by atoms with Crippen molar-refractivity contribution in [1.82, 2.24) is 28.8 Å². The highest BCUT2D eigenvalue weighted by atomic mass is 16.3. The Morgan fingerprint density at radius 1 is 1.25 bits per heavy atom. The lowest BCUT2D eigenvalue weighted by Gasteiger charge is -2.16. The van der Waals surface area contributed by atoms with Gasteiger partial charge in [0.1, 0.15) is 0 Å². The average molecular weight is 376 g/mol. The van der Waals surface area contributed by atoms with Crippen LogP contribution >= 0.6 is 0 Å². The van der Waals surface area contributed by atoms with E-state index in [1.54, 1.807) is 23.6 Å². The van der Waals surface area contributed by atoms with E-state index in [4.69, 9.17) is 0 Å². The Morgan fingerprint density at radius 3 is 3.04 bits per heavy atom. The number of aliphatic hydroxyl groups excluding tert-OH is 1. The van der Waals surface area contributed by atoms with Crippen LogP contribution in [0, 0.1) is 5.92 Å². The first kappa shape index (κ1) is 16.9. The number of carbonyl (C=O) groups is 1. The number of aryl methyl sites for hydroxylation is 1. The third kappa shape index (κ3) is 2.82. The Labute approximate surface area is 161 Å². The number of aliphatic hydroxyl groups is 1. The van der Waals surface area contributed by atoms with E-state index in [2.05, 4.69) is 15.0 Å². The van der Waals surface area contributed by atoms with Gasteiger partial charge in [0.2, 0.25) is 0 Å². The molecule has 1 N–H and O–H groups in total. The maximum Gasteiger partial charge on any atom is 0.254 e. The first-order valence-electron chi connectivity index (χ1n) is 9.24. The van der Waals surface area contributed by atoms with E-state index in [-0.39, 0.29) is 11.8 Å². The van der Waals surface area contributed by atoms with Crippen molar-refractivity contribution < 1.29 is 9.90 Å². The summed E-state index contributed by atoms with van der Waals surface area (Å²) in [4.78, 5) is 27.6. The fourth-order valence-electron chi connectivity index (χ4n) is 3.91. The van der Waals surface area contributed by atoms with Crippen molar-refractivity contribution >= 4 is 22.6 Å². The minimum atomic E-state index is -0.567. The maximum absolute atomic E-state index is 12.9. The molecule has 142 valence electrons. The molecule has 2 atom stereocenters. The molecule has 1 fully saturated rings. The summed E-state index contributed by atoms with van der Waals surface area (Å²) in [5, 5.41) is 10.5. The van der Waals surface area contributed by atoms with Gasteiger partial charge in [-0.15, -0.1) is 0 Å². The Balaban J connectivity index is 1.33. The number of hydrogen-bond donors (Lipinski definition) is 1. The van der Waals surface area contributed by atoms with Gasteiger partial charge in [-0.2, -0.15) is 0 Å². The van der Waals surface area contributed by atoms with Gasteiger partial charge in [0.15, 0.2) is 5.65 Å². The lowest BCUT2D eigenvalue weighted by Crippen LogP contribution is -2.29. The number of imidazole rings is 2. The molecular weight excluding hydrogens is 356 g/mol. The third-order valence-corrected chi connectivity index (χ3v) is 5.47. The van der Waals surface area contributed by atoms with Crippen LogP contribution in [0.4, 0.5) is 0 Å². The Bertz CT molecular complexity index is 1180. The number of likely N-dealkylation sites (tertiary alicyclic amines) is 1. The van der Waals surface area contributed by atoms with Crippen molar-refractivity contribution in [1.29, 1.82) is 0 Å². The van der Waals surface area contributed by atoms with Gasteiger partial charge >= 0.3 is 0 Å². The van der Waals surface area contributed by atoms with Crippen LogP contribution in [-0.4, -0.2) is 59.0 Å². The summed E-state index contributed by atoms with van der Waals surface area (Å²) >= 11 is 0. The van der Waals surface area contributed by atoms with E-state index < -0.39 is 6.10 Å². The molecule has 1 aliphatic rings. The number of β-amino-alcohol motifs (C(OH)–C–C–N with tert-alkyl or cyclic N) is 1. The summed E-state index contributed by atoms with van der Waals surface area (Å²) in [6, 6.07) is 5.54. The van der Waals surface area contributed by atoms with Crippen molar-refractivity contribution in [3.05, 3.63) is 60.6 Å². The molecule has 4 heterocycles. The molecule has 3 aromatic heterocycles. The molecule has 0 bridgehead atoms. The lowest BCUT2D eigenvalue weighted by atomic mass is 10.0. The van der Waals surface area contributed by atoms with Crippen LogP contribution in [0.1, 0.15) is 16.1 Å². The van der Waals surface area contributed by atoms with Gasteiger partial charge in [-0.25, -0.2) is 9.97 Å². The first-order valence-corrected chi connectivity index (χ1v) is 9.24. The van der Waals surface area contributed by atoms with E-state index in [0.29, 0.717) is 25.1 Å². The summed E-state index contributed by atoms with van der Waals surface area (Å²) in [5.41, 5.74) is 4.03. The molecule has 28 heavy (non-hydrogen) atoms. The molecule has 0 saturated carbocycles. The molecule has 1 amide bonds. The Kier molecular flexibility index (Phi) is 3.87. The van der Waals surface area contributed by atoms with Crippen LogP contribution in [0.25, 0.3) is 16.7 Å². The molecule has 1 saturated heterocycles.